The third kappa shape index (κ3) is 11.6. The first-order chi connectivity index (χ1) is 21.9. The van der Waals surface area contributed by atoms with Crippen LogP contribution in [-0.4, -0.2) is 0 Å². The normalized spacial score (nSPS) is 9.78. The van der Waals surface area contributed by atoms with Gasteiger partial charge in [0.1, 0.15) is 0 Å². The summed E-state index contributed by atoms with van der Waals surface area (Å²) in [5.74, 6) is 0. The molecule has 0 bridgehead atoms. The minimum atomic E-state index is -0.446. The van der Waals surface area contributed by atoms with Crippen molar-refractivity contribution in [1.29, 1.82) is 0 Å². The Bertz CT molecular complexity index is 1390. The van der Waals surface area contributed by atoms with E-state index in [1.165, 1.54) is 31.8 Å². The largest absolute Gasteiger partial charge is 1.00 e. The SMILES string of the molecule is [Au+].[Au+].[c-]1cc[c-]cc1.c1ccc(P(c2ccccc2)c2ccccc2)cc1.c1ccc(P(c2ccccc2)c2ccccc2)cc1. The molecule has 0 radical (unpaired) electrons. The second-order valence-corrected chi connectivity index (χ2v) is 14.1. The standard InChI is InChI=1S/2C18H15P.C6H4.2Au/c2*1-4-10-16(11-5-1)19(17-12-6-2-7-13-17)18-14-8-3-9-15-18;1-2-4-6-5-3-1;;/h2*1-15H;1-2,5-6H;;/q;;-2;2*+1. The maximum Gasteiger partial charge on any atom is 1.00 e. The molecule has 0 atom stereocenters. The molecule has 4 heteroatoms. The molecule has 0 nitrogen and oxygen atoms in total. The van der Waals surface area contributed by atoms with Crippen LogP contribution in [0.1, 0.15) is 0 Å². The topological polar surface area (TPSA) is 0 Å². The smallest absolute Gasteiger partial charge is 0.319 e. The van der Waals surface area contributed by atoms with Crippen LogP contribution >= 0.6 is 15.8 Å². The number of hydrogen-bond acceptors (Lipinski definition) is 0. The molecule has 0 aliphatic heterocycles. The molecular weight excluding hydrogens is 960 g/mol. The van der Waals surface area contributed by atoms with Crippen LogP contribution in [0.4, 0.5) is 0 Å². The molecule has 234 valence electrons. The second kappa shape index (κ2) is 21.6. The first-order valence-corrected chi connectivity index (χ1v) is 17.3. The van der Waals surface area contributed by atoms with Crippen molar-refractivity contribution in [2.24, 2.45) is 0 Å². The molecule has 0 spiro atoms. The molecule has 7 aromatic carbocycles. The van der Waals surface area contributed by atoms with Crippen LogP contribution in [0, 0.1) is 12.1 Å². The Labute approximate surface area is 308 Å². The van der Waals surface area contributed by atoms with Gasteiger partial charge in [-0.15, -0.1) is 0 Å². The summed E-state index contributed by atoms with van der Waals surface area (Å²) in [6.45, 7) is 0. The van der Waals surface area contributed by atoms with Crippen molar-refractivity contribution >= 4 is 47.7 Å². The predicted molar refractivity (Wildman–Crippen MR) is 194 cm³/mol. The van der Waals surface area contributed by atoms with Crippen molar-refractivity contribution in [3.05, 3.63) is 218 Å². The van der Waals surface area contributed by atoms with Crippen LogP contribution in [0.25, 0.3) is 0 Å². The van der Waals surface area contributed by atoms with Gasteiger partial charge in [-0.2, -0.15) is 0 Å². The van der Waals surface area contributed by atoms with Crippen LogP contribution in [-0.2, 0) is 44.8 Å². The maximum absolute atomic E-state index is 2.86. The van der Waals surface area contributed by atoms with Crippen molar-refractivity contribution in [3.8, 4) is 0 Å². The fourth-order valence-electron chi connectivity index (χ4n) is 4.66. The van der Waals surface area contributed by atoms with Crippen LogP contribution in [0.3, 0.4) is 0 Å². The minimum Gasteiger partial charge on any atom is -0.319 e. The minimum absolute atomic E-state index is 0. The summed E-state index contributed by atoms with van der Waals surface area (Å²) in [6.07, 6.45) is 0. The van der Waals surface area contributed by atoms with E-state index in [0.717, 1.165) is 0 Å². The van der Waals surface area contributed by atoms with E-state index in [2.05, 4.69) is 194 Å². The van der Waals surface area contributed by atoms with Crippen molar-refractivity contribution in [3.63, 3.8) is 0 Å². The van der Waals surface area contributed by atoms with E-state index in [4.69, 9.17) is 0 Å². The number of hydrogen-bond donors (Lipinski definition) is 0. The van der Waals surface area contributed by atoms with E-state index in [0.29, 0.717) is 0 Å². The molecule has 7 aromatic rings. The van der Waals surface area contributed by atoms with Gasteiger partial charge in [0.15, 0.2) is 0 Å². The molecule has 0 heterocycles. The van der Waals surface area contributed by atoms with Gasteiger partial charge in [-0.05, 0) is 47.7 Å². The average Bonchev–Trinajstić information content (AvgIpc) is 3.13. The zero-order valence-electron chi connectivity index (χ0n) is 25.1. The van der Waals surface area contributed by atoms with Gasteiger partial charge < -0.3 is 12.1 Å². The van der Waals surface area contributed by atoms with Gasteiger partial charge in [0.05, 0.1) is 0 Å². The average molecular weight is 995 g/mol. The zero-order chi connectivity index (χ0) is 30.1. The molecule has 0 aliphatic carbocycles. The summed E-state index contributed by atoms with van der Waals surface area (Å²) in [6, 6.07) is 77.7. The van der Waals surface area contributed by atoms with Gasteiger partial charge in [0, 0.05) is 0 Å². The molecule has 0 aromatic heterocycles. The zero-order valence-corrected chi connectivity index (χ0v) is 31.2. The molecule has 0 aliphatic rings. The third-order valence-electron chi connectivity index (χ3n) is 6.64. The van der Waals surface area contributed by atoms with Crippen molar-refractivity contribution in [2.75, 3.05) is 0 Å². The number of rotatable bonds is 6. The quantitative estimate of drug-likeness (QED) is 0.0898. The summed E-state index contributed by atoms with van der Waals surface area (Å²) in [5, 5.41) is 8.39. The molecule has 46 heavy (non-hydrogen) atoms. The molecule has 7 rings (SSSR count). The van der Waals surface area contributed by atoms with Crippen LogP contribution in [0.5, 0.6) is 0 Å². The Kier molecular flexibility index (Phi) is 17.6. The van der Waals surface area contributed by atoms with E-state index in [1.807, 2.05) is 24.3 Å². The van der Waals surface area contributed by atoms with Gasteiger partial charge in [-0.3, -0.25) is 24.3 Å². The first kappa shape index (κ1) is 37.3. The van der Waals surface area contributed by atoms with Gasteiger partial charge in [-0.25, -0.2) is 0 Å². The fraction of sp³-hybridized carbons (Fsp3) is 0. The predicted octanol–water partition coefficient (Wildman–Crippen LogP) is 8.17. The molecule has 0 N–H and O–H groups in total. The molecule has 0 fully saturated rings. The van der Waals surface area contributed by atoms with Crippen LogP contribution < -0.4 is 31.8 Å². The molecule has 0 unspecified atom stereocenters. The van der Waals surface area contributed by atoms with Crippen molar-refractivity contribution in [1.82, 2.24) is 0 Å². The van der Waals surface area contributed by atoms with E-state index in [9.17, 15) is 0 Å². The van der Waals surface area contributed by atoms with E-state index < -0.39 is 15.8 Å². The third-order valence-corrected chi connectivity index (χ3v) is 11.5. The summed E-state index contributed by atoms with van der Waals surface area (Å²) in [5.41, 5.74) is 0. The van der Waals surface area contributed by atoms with Crippen LogP contribution in [0.2, 0.25) is 0 Å². The summed E-state index contributed by atoms with van der Waals surface area (Å²) < 4.78 is 0. The Morgan fingerprint density at radius 2 is 0.391 bits per heavy atom. The van der Waals surface area contributed by atoms with Gasteiger partial charge in [0.25, 0.3) is 0 Å². The summed E-state index contributed by atoms with van der Waals surface area (Å²) in [7, 11) is -0.892. The monoisotopic (exact) mass is 994 g/mol. The van der Waals surface area contributed by atoms with Gasteiger partial charge >= 0.3 is 44.8 Å². The second-order valence-electron chi connectivity index (χ2n) is 9.68. The Hall–Kier alpha value is -3.12. The van der Waals surface area contributed by atoms with Gasteiger partial charge in [-0.1, -0.05) is 182 Å². The Morgan fingerprint density at radius 3 is 0.522 bits per heavy atom. The Balaban J connectivity index is 0.000000205. The first-order valence-electron chi connectivity index (χ1n) is 14.6. The van der Waals surface area contributed by atoms with Gasteiger partial charge in [0.2, 0.25) is 0 Å². The van der Waals surface area contributed by atoms with E-state index in [1.54, 1.807) is 0 Å². The van der Waals surface area contributed by atoms with Crippen molar-refractivity contribution in [2.45, 2.75) is 0 Å². The summed E-state index contributed by atoms with van der Waals surface area (Å²) >= 11 is 0. The summed E-state index contributed by atoms with van der Waals surface area (Å²) in [4.78, 5) is 0. The Morgan fingerprint density at radius 1 is 0.239 bits per heavy atom. The number of benzene rings is 7. The molecular formula is C42H34Au2P2. The van der Waals surface area contributed by atoms with Crippen LogP contribution in [0.15, 0.2) is 206 Å². The molecule has 0 amide bonds. The molecule has 0 saturated heterocycles. The maximum atomic E-state index is 2.86. The fourth-order valence-corrected chi connectivity index (χ4v) is 9.27. The van der Waals surface area contributed by atoms with E-state index >= 15 is 0 Å². The van der Waals surface area contributed by atoms with E-state index in [-0.39, 0.29) is 44.8 Å². The van der Waals surface area contributed by atoms with Crippen molar-refractivity contribution < 1.29 is 44.8 Å². The molecule has 0 saturated carbocycles.